The molecule has 1 aliphatic rings. The minimum Gasteiger partial charge on any atom is -0.395 e. The predicted octanol–water partition coefficient (Wildman–Crippen LogP) is 2.25. The second kappa shape index (κ2) is 4.56. The van der Waals surface area contributed by atoms with Crippen molar-refractivity contribution < 1.29 is 10.2 Å². The molecule has 2 N–H and O–H groups in total. The van der Waals surface area contributed by atoms with E-state index in [4.69, 9.17) is 0 Å². The molecule has 0 atom stereocenters. The van der Waals surface area contributed by atoms with Crippen LogP contribution in [0.15, 0.2) is 48.5 Å². The Labute approximate surface area is 107 Å². The third-order valence-electron chi connectivity index (χ3n) is 3.86. The molecule has 2 aromatic carbocycles. The molecule has 0 spiro atoms. The van der Waals surface area contributed by atoms with E-state index in [-0.39, 0.29) is 25.0 Å². The van der Waals surface area contributed by atoms with Crippen LogP contribution in [0.1, 0.15) is 34.1 Å². The van der Waals surface area contributed by atoms with Gasteiger partial charge < -0.3 is 10.2 Å². The number of rotatable bonds is 2. The van der Waals surface area contributed by atoms with E-state index in [1.54, 1.807) is 0 Å². The van der Waals surface area contributed by atoms with Gasteiger partial charge in [-0.1, -0.05) is 48.5 Å². The van der Waals surface area contributed by atoms with E-state index in [0.29, 0.717) is 0 Å². The Bertz CT molecular complexity index is 465. The number of hydrogen-bond donors (Lipinski definition) is 2. The van der Waals surface area contributed by atoms with Crippen molar-refractivity contribution in [1.29, 1.82) is 0 Å². The minimum atomic E-state index is 0.0280. The standard InChI is InChI=1S/C16H16O2/c17-9-15-11-5-1-2-6-12(11)16(10-18)14-8-4-3-7-13(14)15/h1-8,15-18H,9-10H2. The monoisotopic (exact) mass is 240 g/mol. The van der Waals surface area contributed by atoms with E-state index < -0.39 is 0 Å². The van der Waals surface area contributed by atoms with Crippen LogP contribution in [0.4, 0.5) is 0 Å². The summed E-state index contributed by atoms with van der Waals surface area (Å²) in [5.41, 5.74) is 4.55. The number of aliphatic hydroxyl groups excluding tert-OH is 2. The van der Waals surface area contributed by atoms with Gasteiger partial charge in [0.25, 0.3) is 0 Å². The van der Waals surface area contributed by atoms with Crippen molar-refractivity contribution in [3.05, 3.63) is 70.8 Å². The summed E-state index contributed by atoms with van der Waals surface area (Å²) in [6.45, 7) is 0.207. The molecule has 0 saturated carbocycles. The summed E-state index contributed by atoms with van der Waals surface area (Å²) in [5, 5.41) is 19.4. The molecule has 0 amide bonds. The van der Waals surface area contributed by atoms with E-state index in [9.17, 15) is 10.2 Å². The zero-order valence-corrected chi connectivity index (χ0v) is 10.1. The first-order chi connectivity index (χ1) is 8.86. The third-order valence-corrected chi connectivity index (χ3v) is 3.86. The lowest BCUT2D eigenvalue weighted by molar-refractivity contribution is 0.262. The molecule has 0 heterocycles. The van der Waals surface area contributed by atoms with Crippen molar-refractivity contribution in [2.24, 2.45) is 0 Å². The van der Waals surface area contributed by atoms with Crippen LogP contribution in [0.2, 0.25) is 0 Å². The fourth-order valence-electron chi connectivity index (χ4n) is 3.02. The van der Waals surface area contributed by atoms with Gasteiger partial charge in [-0.05, 0) is 22.3 Å². The van der Waals surface area contributed by atoms with Crippen molar-refractivity contribution in [2.45, 2.75) is 11.8 Å². The highest BCUT2D eigenvalue weighted by Gasteiger charge is 2.30. The molecule has 2 aromatic rings. The van der Waals surface area contributed by atoms with E-state index in [1.165, 1.54) is 0 Å². The van der Waals surface area contributed by atoms with E-state index in [2.05, 4.69) is 24.3 Å². The van der Waals surface area contributed by atoms with Crippen molar-refractivity contribution in [3.8, 4) is 0 Å². The lowest BCUT2D eigenvalue weighted by Crippen LogP contribution is -2.22. The van der Waals surface area contributed by atoms with Gasteiger partial charge in [-0.15, -0.1) is 0 Å². The van der Waals surface area contributed by atoms with Crippen LogP contribution in [0.25, 0.3) is 0 Å². The van der Waals surface area contributed by atoms with Crippen LogP contribution < -0.4 is 0 Å². The zero-order chi connectivity index (χ0) is 12.5. The van der Waals surface area contributed by atoms with Crippen LogP contribution >= 0.6 is 0 Å². The quantitative estimate of drug-likeness (QED) is 0.845. The highest BCUT2D eigenvalue weighted by atomic mass is 16.3. The van der Waals surface area contributed by atoms with E-state index >= 15 is 0 Å². The SMILES string of the molecule is OCC1c2ccccc2C(CO)c2ccccc21. The van der Waals surface area contributed by atoms with Gasteiger partial charge in [0.05, 0.1) is 13.2 Å². The highest BCUT2D eigenvalue weighted by molar-refractivity contribution is 5.52. The molecule has 2 heteroatoms. The normalized spacial score (nSPS) is 21.2. The van der Waals surface area contributed by atoms with Gasteiger partial charge in [-0.2, -0.15) is 0 Å². The summed E-state index contributed by atoms with van der Waals surface area (Å²) in [6.07, 6.45) is 0. The summed E-state index contributed by atoms with van der Waals surface area (Å²) in [6, 6.07) is 16.2. The second-order valence-electron chi connectivity index (χ2n) is 4.73. The molecule has 92 valence electrons. The second-order valence-corrected chi connectivity index (χ2v) is 4.73. The number of fused-ring (bicyclic) bond motifs is 2. The maximum atomic E-state index is 9.68. The average Bonchev–Trinajstić information content (AvgIpc) is 2.44. The van der Waals surface area contributed by atoms with E-state index in [0.717, 1.165) is 22.3 Å². The van der Waals surface area contributed by atoms with Crippen LogP contribution in [0.3, 0.4) is 0 Å². The Hall–Kier alpha value is -1.64. The summed E-state index contributed by atoms with van der Waals surface area (Å²) in [5.74, 6) is 0.0559. The Kier molecular flexibility index (Phi) is 2.90. The number of aliphatic hydroxyl groups is 2. The summed E-state index contributed by atoms with van der Waals surface area (Å²) >= 11 is 0. The molecule has 0 radical (unpaired) electrons. The summed E-state index contributed by atoms with van der Waals surface area (Å²) < 4.78 is 0. The highest BCUT2D eigenvalue weighted by Crippen LogP contribution is 2.42. The molecule has 0 bridgehead atoms. The first-order valence-corrected chi connectivity index (χ1v) is 6.26. The van der Waals surface area contributed by atoms with Gasteiger partial charge in [-0.3, -0.25) is 0 Å². The third kappa shape index (κ3) is 1.57. The predicted molar refractivity (Wildman–Crippen MR) is 70.7 cm³/mol. The van der Waals surface area contributed by atoms with Crippen molar-refractivity contribution in [1.82, 2.24) is 0 Å². The van der Waals surface area contributed by atoms with Gasteiger partial charge in [0.15, 0.2) is 0 Å². The van der Waals surface area contributed by atoms with Gasteiger partial charge in [0.1, 0.15) is 0 Å². The van der Waals surface area contributed by atoms with Gasteiger partial charge in [0, 0.05) is 11.8 Å². The molecule has 0 fully saturated rings. The Morgan fingerprint density at radius 3 is 1.11 bits per heavy atom. The summed E-state index contributed by atoms with van der Waals surface area (Å²) in [7, 11) is 0. The van der Waals surface area contributed by atoms with Crippen LogP contribution in [0.5, 0.6) is 0 Å². The topological polar surface area (TPSA) is 40.5 Å². The molecular weight excluding hydrogens is 224 g/mol. The van der Waals surface area contributed by atoms with Crippen LogP contribution in [-0.2, 0) is 0 Å². The van der Waals surface area contributed by atoms with Crippen molar-refractivity contribution in [3.63, 3.8) is 0 Å². The number of hydrogen-bond acceptors (Lipinski definition) is 2. The molecule has 0 saturated heterocycles. The molecule has 18 heavy (non-hydrogen) atoms. The summed E-state index contributed by atoms with van der Waals surface area (Å²) in [4.78, 5) is 0. The first kappa shape index (κ1) is 11.5. The zero-order valence-electron chi connectivity index (χ0n) is 10.1. The minimum absolute atomic E-state index is 0.0280. The van der Waals surface area contributed by atoms with Crippen molar-refractivity contribution >= 4 is 0 Å². The Morgan fingerprint density at radius 1 is 0.611 bits per heavy atom. The smallest absolute Gasteiger partial charge is 0.0540 e. The molecular formula is C16H16O2. The molecule has 0 aliphatic heterocycles. The maximum Gasteiger partial charge on any atom is 0.0540 e. The van der Waals surface area contributed by atoms with Gasteiger partial charge in [0.2, 0.25) is 0 Å². The lowest BCUT2D eigenvalue weighted by atomic mass is 9.73. The first-order valence-electron chi connectivity index (χ1n) is 6.26. The Morgan fingerprint density at radius 2 is 0.889 bits per heavy atom. The fraction of sp³-hybridized carbons (Fsp3) is 0.250. The molecule has 2 nitrogen and oxygen atoms in total. The molecule has 0 aromatic heterocycles. The molecule has 0 unspecified atom stereocenters. The molecule has 1 aliphatic carbocycles. The fourth-order valence-corrected chi connectivity index (χ4v) is 3.02. The largest absolute Gasteiger partial charge is 0.395 e. The Balaban J connectivity index is 2.25. The number of benzene rings is 2. The van der Waals surface area contributed by atoms with Crippen LogP contribution in [0, 0.1) is 0 Å². The van der Waals surface area contributed by atoms with Gasteiger partial charge >= 0.3 is 0 Å². The molecule has 3 rings (SSSR count). The van der Waals surface area contributed by atoms with E-state index in [1.807, 2.05) is 24.3 Å². The maximum absolute atomic E-state index is 9.68. The van der Waals surface area contributed by atoms with Gasteiger partial charge in [-0.25, -0.2) is 0 Å². The van der Waals surface area contributed by atoms with Crippen molar-refractivity contribution in [2.75, 3.05) is 13.2 Å². The van der Waals surface area contributed by atoms with Crippen LogP contribution in [-0.4, -0.2) is 23.4 Å². The lowest BCUT2D eigenvalue weighted by Gasteiger charge is -2.32. The average molecular weight is 240 g/mol.